The summed E-state index contributed by atoms with van der Waals surface area (Å²) in [6.45, 7) is 3.48. The number of aromatic nitrogens is 4. The highest BCUT2D eigenvalue weighted by molar-refractivity contribution is 5.92. The van der Waals surface area contributed by atoms with E-state index in [1.807, 2.05) is 18.2 Å². The molecule has 222 valence electrons. The van der Waals surface area contributed by atoms with E-state index in [2.05, 4.69) is 30.6 Å². The van der Waals surface area contributed by atoms with Gasteiger partial charge in [-0.1, -0.05) is 6.07 Å². The summed E-state index contributed by atoms with van der Waals surface area (Å²) in [5.74, 6) is -1.47. The first-order valence-electron chi connectivity index (χ1n) is 13.8. The summed E-state index contributed by atoms with van der Waals surface area (Å²) < 4.78 is 40.1. The Labute approximate surface area is 241 Å². The first kappa shape index (κ1) is 29.3. The smallest absolute Gasteiger partial charge is 0.246 e. The molecule has 3 heterocycles. The molecule has 42 heavy (non-hydrogen) atoms. The number of ether oxygens (including phenoxy) is 2. The predicted octanol–water partition coefficient (Wildman–Crippen LogP) is 3.73. The molecule has 0 aliphatic carbocycles. The highest BCUT2D eigenvalue weighted by Gasteiger charge is 2.20. The summed E-state index contributed by atoms with van der Waals surface area (Å²) in [5, 5.41) is 19.9. The number of nitrogens with zero attached hydrogens (tertiary/aromatic N) is 5. The number of rotatable bonds is 13. The van der Waals surface area contributed by atoms with Crippen molar-refractivity contribution >= 4 is 34.0 Å². The molecule has 2 aromatic carbocycles. The topological polar surface area (TPSA) is 127 Å². The minimum Gasteiger partial charge on any atom is -0.493 e. The standard InChI is InChI=1S/C29H33F2N7O4/c30-24-3-1-4-25(28(24)31)36-27(40)18-38-17-20(16-34-38)35-29-23-6-5-22(15-26(23)32-19-33-29)42-12-2-9-37(10-11-39)21-7-13-41-14-8-21/h1,3-6,15-17,19,21,39H,2,7-14,18H2,(H,36,40)(H,32,33,35). The molecule has 0 radical (unpaired) electrons. The number of anilines is 3. The molecule has 3 N–H and O–H groups in total. The monoisotopic (exact) mass is 581 g/mol. The Morgan fingerprint density at radius 2 is 2.02 bits per heavy atom. The van der Waals surface area contributed by atoms with Crippen LogP contribution in [-0.4, -0.2) is 81.2 Å². The lowest BCUT2D eigenvalue weighted by molar-refractivity contribution is -0.116. The van der Waals surface area contributed by atoms with Crippen LogP contribution in [0.25, 0.3) is 10.9 Å². The number of benzene rings is 2. The maximum absolute atomic E-state index is 13.8. The van der Waals surface area contributed by atoms with Gasteiger partial charge in [-0.25, -0.2) is 18.7 Å². The zero-order valence-electron chi connectivity index (χ0n) is 23.0. The number of halogens is 2. The number of fused-ring (bicyclic) bond motifs is 1. The largest absolute Gasteiger partial charge is 0.493 e. The second-order valence-electron chi connectivity index (χ2n) is 9.91. The van der Waals surface area contributed by atoms with Crippen molar-refractivity contribution in [1.29, 1.82) is 0 Å². The van der Waals surface area contributed by atoms with Gasteiger partial charge in [0.05, 0.1) is 36.3 Å². The molecular weight excluding hydrogens is 548 g/mol. The third-order valence-electron chi connectivity index (χ3n) is 6.99. The van der Waals surface area contributed by atoms with Crippen molar-refractivity contribution in [2.45, 2.75) is 31.8 Å². The van der Waals surface area contributed by atoms with Crippen molar-refractivity contribution in [3.8, 4) is 5.75 Å². The van der Waals surface area contributed by atoms with Gasteiger partial charge in [-0.3, -0.25) is 14.4 Å². The molecule has 0 spiro atoms. The van der Waals surface area contributed by atoms with E-state index < -0.39 is 17.5 Å². The van der Waals surface area contributed by atoms with E-state index in [4.69, 9.17) is 9.47 Å². The maximum atomic E-state index is 13.8. The summed E-state index contributed by atoms with van der Waals surface area (Å²) in [6.07, 6.45) is 7.37. The molecule has 1 fully saturated rings. The minimum absolute atomic E-state index is 0.132. The van der Waals surface area contributed by atoms with E-state index in [9.17, 15) is 18.7 Å². The van der Waals surface area contributed by atoms with Crippen molar-refractivity contribution < 1.29 is 28.2 Å². The molecule has 0 bridgehead atoms. The van der Waals surface area contributed by atoms with Crippen LogP contribution in [0, 0.1) is 11.6 Å². The van der Waals surface area contributed by atoms with E-state index in [0.717, 1.165) is 50.5 Å². The molecule has 1 aliphatic rings. The van der Waals surface area contributed by atoms with Crippen molar-refractivity contribution in [2.24, 2.45) is 0 Å². The number of nitrogens with one attached hydrogen (secondary N) is 2. The van der Waals surface area contributed by atoms with Gasteiger partial charge in [0.2, 0.25) is 5.91 Å². The maximum Gasteiger partial charge on any atom is 0.246 e. The fourth-order valence-electron chi connectivity index (χ4n) is 4.93. The van der Waals surface area contributed by atoms with E-state index in [0.29, 0.717) is 42.0 Å². The third-order valence-corrected chi connectivity index (χ3v) is 6.99. The normalized spacial score (nSPS) is 13.9. The minimum atomic E-state index is -1.12. The first-order chi connectivity index (χ1) is 20.5. The fourth-order valence-corrected chi connectivity index (χ4v) is 4.93. The van der Waals surface area contributed by atoms with Gasteiger partial charge in [0.15, 0.2) is 11.6 Å². The van der Waals surface area contributed by atoms with Crippen LogP contribution in [0.4, 0.5) is 26.0 Å². The van der Waals surface area contributed by atoms with Crippen LogP contribution in [0.15, 0.2) is 55.1 Å². The van der Waals surface area contributed by atoms with Crippen LogP contribution in [-0.2, 0) is 16.1 Å². The molecule has 2 aromatic heterocycles. The van der Waals surface area contributed by atoms with Crippen molar-refractivity contribution in [2.75, 3.05) is 50.2 Å². The van der Waals surface area contributed by atoms with Crippen LogP contribution in [0.5, 0.6) is 5.75 Å². The summed E-state index contributed by atoms with van der Waals surface area (Å²) in [6, 6.07) is 9.59. The van der Waals surface area contributed by atoms with Crippen molar-refractivity contribution in [3.05, 3.63) is 66.8 Å². The van der Waals surface area contributed by atoms with E-state index in [1.54, 1.807) is 6.20 Å². The second-order valence-corrected chi connectivity index (χ2v) is 9.91. The third kappa shape index (κ3) is 7.55. The molecular formula is C29H33F2N7O4. The van der Waals surface area contributed by atoms with Gasteiger partial charge in [-0.05, 0) is 43.5 Å². The van der Waals surface area contributed by atoms with Crippen LogP contribution >= 0.6 is 0 Å². The van der Waals surface area contributed by atoms with E-state index in [-0.39, 0.29) is 18.8 Å². The SMILES string of the molecule is O=C(Cn1cc(Nc2ncnc3cc(OCCCN(CCO)C4CCOCC4)ccc23)cn1)Nc1cccc(F)c1F. The van der Waals surface area contributed by atoms with Gasteiger partial charge >= 0.3 is 0 Å². The molecule has 13 heteroatoms. The number of carbonyl (C=O) groups is 1. The van der Waals surface area contributed by atoms with Crippen LogP contribution in [0.1, 0.15) is 19.3 Å². The average Bonchev–Trinajstić information content (AvgIpc) is 3.43. The Morgan fingerprint density at radius 3 is 2.86 bits per heavy atom. The Hall–Kier alpha value is -4.20. The Bertz CT molecular complexity index is 1500. The van der Waals surface area contributed by atoms with Crippen molar-refractivity contribution in [3.63, 3.8) is 0 Å². The van der Waals surface area contributed by atoms with Gasteiger partial charge in [0.25, 0.3) is 0 Å². The number of aliphatic hydroxyl groups excluding tert-OH is 1. The van der Waals surface area contributed by atoms with Gasteiger partial charge < -0.3 is 25.2 Å². The zero-order valence-corrected chi connectivity index (χ0v) is 23.0. The van der Waals surface area contributed by atoms with Crippen LogP contribution in [0.3, 0.4) is 0 Å². The molecule has 0 atom stereocenters. The molecule has 1 amide bonds. The summed E-state index contributed by atoms with van der Waals surface area (Å²) >= 11 is 0. The lowest BCUT2D eigenvalue weighted by Gasteiger charge is -2.33. The predicted molar refractivity (Wildman–Crippen MR) is 153 cm³/mol. The van der Waals surface area contributed by atoms with Gasteiger partial charge in [0, 0.05) is 50.0 Å². The van der Waals surface area contributed by atoms with Crippen LogP contribution in [0.2, 0.25) is 0 Å². The molecule has 4 aromatic rings. The molecule has 0 unspecified atom stereocenters. The number of amides is 1. The number of hydrogen-bond donors (Lipinski definition) is 3. The molecule has 1 saturated heterocycles. The molecule has 0 saturated carbocycles. The molecule has 1 aliphatic heterocycles. The lowest BCUT2D eigenvalue weighted by Crippen LogP contribution is -2.41. The van der Waals surface area contributed by atoms with Crippen LogP contribution < -0.4 is 15.4 Å². The fraction of sp³-hybridized carbons (Fsp3) is 0.379. The zero-order chi connectivity index (χ0) is 29.3. The molecule has 11 nitrogen and oxygen atoms in total. The number of carbonyl (C=O) groups excluding carboxylic acids is 1. The van der Waals surface area contributed by atoms with Crippen molar-refractivity contribution in [1.82, 2.24) is 24.6 Å². The first-order valence-corrected chi connectivity index (χ1v) is 13.8. The van der Waals surface area contributed by atoms with Gasteiger partial charge in [-0.2, -0.15) is 5.10 Å². The quantitative estimate of drug-likeness (QED) is 0.203. The highest BCUT2D eigenvalue weighted by Crippen LogP contribution is 2.26. The van der Waals surface area contributed by atoms with E-state index in [1.165, 1.54) is 29.3 Å². The van der Waals surface area contributed by atoms with E-state index >= 15 is 0 Å². The Kier molecular flexibility index (Phi) is 9.85. The summed E-state index contributed by atoms with van der Waals surface area (Å²) in [7, 11) is 0. The number of hydrogen-bond acceptors (Lipinski definition) is 9. The Morgan fingerprint density at radius 1 is 1.17 bits per heavy atom. The summed E-state index contributed by atoms with van der Waals surface area (Å²) in [4.78, 5) is 23.3. The second kappa shape index (κ2) is 14.1. The molecule has 5 rings (SSSR count). The number of aliphatic hydroxyl groups is 1. The lowest BCUT2D eigenvalue weighted by atomic mass is 10.1. The van der Waals surface area contributed by atoms with Gasteiger partial charge in [-0.15, -0.1) is 0 Å². The summed E-state index contributed by atoms with van der Waals surface area (Å²) in [5.41, 5.74) is 1.04. The Balaban J connectivity index is 1.15. The highest BCUT2D eigenvalue weighted by atomic mass is 19.2. The average molecular weight is 582 g/mol. The van der Waals surface area contributed by atoms with Gasteiger partial charge in [0.1, 0.15) is 24.4 Å².